The van der Waals surface area contributed by atoms with Crippen LogP contribution in [0.15, 0.2) is 54.7 Å². The Kier molecular flexibility index (Phi) is 6.18. The summed E-state index contributed by atoms with van der Waals surface area (Å²) in [4.78, 5) is 19.1. The first-order valence-electron chi connectivity index (χ1n) is 8.99. The molecular formula is C21H26N2O2. The Hall–Kier alpha value is -2.20. The molecule has 1 saturated heterocycles. The molecule has 0 aliphatic carbocycles. The Labute approximate surface area is 149 Å². The Bertz CT molecular complexity index is 660. The van der Waals surface area contributed by atoms with Crippen LogP contribution in [0.2, 0.25) is 0 Å². The van der Waals surface area contributed by atoms with Gasteiger partial charge >= 0.3 is 0 Å². The van der Waals surface area contributed by atoms with Crippen LogP contribution in [0, 0.1) is 5.92 Å². The third kappa shape index (κ3) is 4.67. The summed E-state index contributed by atoms with van der Waals surface area (Å²) in [5.74, 6) is 0.827. The van der Waals surface area contributed by atoms with Gasteiger partial charge in [0, 0.05) is 50.3 Å². The number of hydrogen-bond acceptors (Lipinski definition) is 3. The van der Waals surface area contributed by atoms with Gasteiger partial charge in [-0.15, -0.1) is 0 Å². The molecule has 0 unspecified atom stereocenters. The molecule has 132 valence electrons. The fourth-order valence-electron chi connectivity index (χ4n) is 3.63. The summed E-state index contributed by atoms with van der Waals surface area (Å²) in [6.45, 7) is 2.17. The predicted octanol–water partition coefficient (Wildman–Crippen LogP) is 3.29. The van der Waals surface area contributed by atoms with Crippen LogP contribution in [0.5, 0.6) is 0 Å². The normalized spacial score (nSPS) is 20.0. The Morgan fingerprint density at radius 3 is 2.68 bits per heavy atom. The fraction of sp³-hybridized carbons (Fsp3) is 0.429. The van der Waals surface area contributed by atoms with Crippen LogP contribution in [0.25, 0.3) is 0 Å². The monoisotopic (exact) mass is 338 g/mol. The van der Waals surface area contributed by atoms with Gasteiger partial charge in [0.2, 0.25) is 5.91 Å². The maximum atomic E-state index is 12.6. The Balaban J connectivity index is 1.56. The van der Waals surface area contributed by atoms with E-state index in [9.17, 15) is 4.79 Å². The van der Waals surface area contributed by atoms with E-state index in [1.807, 2.05) is 41.4 Å². The lowest BCUT2D eigenvalue weighted by atomic mass is 9.93. The van der Waals surface area contributed by atoms with E-state index in [0.717, 1.165) is 31.6 Å². The number of methoxy groups -OCH3 is 1. The van der Waals surface area contributed by atoms with Crippen molar-refractivity contribution >= 4 is 5.91 Å². The second-order valence-electron chi connectivity index (χ2n) is 6.71. The average molecular weight is 338 g/mol. The molecule has 2 atom stereocenters. The fourth-order valence-corrected chi connectivity index (χ4v) is 3.63. The van der Waals surface area contributed by atoms with E-state index in [1.54, 1.807) is 7.11 Å². The lowest BCUT2D eigenvalue weighted by molar-refractivity contribution is -0.130. The molecule has 1 aliphatic heterocycles. The molecule has 1 aliphatic rings. The number of benzene rings is 1. The van der Waals surface area contributed by atoms with Crippen molar-refractivity contribution in [2.45, 2.75) is 25.2 Å². The summed E-state index contributed by atoms with van der Waals surface area (Å²) in [5, 5.41) is 0. The molecule has 1 aromatic heterocycles. The van der Waals surface area contributed by atoms with Crippen molar-refractivity contribution in [3.05, 3.63) is 66.0 Å². The molecule has 0 spiro atoms. The second-order valence-corrected chi connectivity index (χ2v) is 6.71. The lowest BCUT2D eigenvalue weighted by Crippen LogP contribution is -2.29. The van der Waals surface area contributed by atoms with Crippen molar-refractivity contribution in [1.82, 2.24) is 9.88 Å². The molecule has 25 heavy (non-hydrogen) atoms. The molecular weight excluding hydrogens is 312 g/mol. The molecule has 3 rings (SSSR count). The van der Waals surface area contributed by atoms with E-state index in [2.05, 4.69) is 23.2 Å². The van der Waals surface area contributed by atoms with Gasteiger partial charge in [-0.3, -0.25) is 9.78 Å². The second kappa shape index (κ2) is 8.77. The molecule has 0 saturated carbocycles. The van der Waals surface area contributed by atoms with Crippen molar-refractivity contribution in [2.75, 3.05) is 26.8 Å². The van der Waals surface area contributed by atoms with Crippen molar-refractivity contribution in [3.8, 4) is 0 Å². The highest BCUT2D eigenvalue weighted by molar-refractivity contribution is 5.76. The van der Waals surface area contributed by atoms with Gasteiger partial charge in [-0.1, -0.05) is 36.4 Å². The number of rotatable bonds is 7. The molecule has 1 aromatic carbocycles. The number of ether oxygens (including phenoxy) is 1. The van der Waals surface area contributed by atoms with Crippen LogP contribution in [-0.2, 0) is 16.0 Å². The molecule has 4 heteroatoms. The Morgan fingerprint density at radius 1 is 1.16 bits per heavy atom. The van der Waals surface area contributed by atoms with Gasteiger partial charge in [0.05, 0.1) is 6.61 Å². The van der Waals surface area contributed by atoms with Gasteiger partial charge in [0.1, 0.15) is 0 Å². The summed E-state index contributed by atoms with van der Waals surface area (Å²) < 4.78 is 5.38. The van der Waals surface area contributed by atoms with Crippen molar-refractivity contribution in [3.63, 3.8) is 0 Å². The first-order valence-corrected chi connectivity index (χ1v) is 8.99. The quantitative estimate of drug-likeness (QED) is 0.778. The molecule has 1 fully saturated rings. The SMILES string of the molecule is COC[C@@H]1CN(C(=O)CCCc2ccccc2)C[C@H]1c1ccccn1. The Morgan fingerprint density at radius 2 is 1.96 bits per heavy atom. The third-order valence-corrected chi connectivity index (χ3v) is 4.94. The van der Waals surface area contributed by atoms with Crippen molar-refractivity contribution in [2.24, 2.45) is 5.92 Å². The maximum absolute atomic E-state index is 12.6. The summed E-state index contributed by atoms with van der Waals surface area (Å²) in [6, 6.07) is 16.3. The molecule has 2 aromatic rings. The van der Waals surface area contributed by atoms with E-state index in [-0.39, 0.29) is 11.8 Å². The number of nitrogens with zero attached hydrogens (tertiary/aromatic N) is 2. The highest BCUT2D eigenvalue weighted by Crippen LogP contribution is 2.32. The van der Waals surface area contributed by atoms with Crippen molar-refractivity contribution in [1.29, 1.82) is 0 Å². The molecule has 0 radical (unpaired) electrons. The maximum Gasteiger partial charge on any atom is 0.222 e. The third-order valence-electron chi connectivity index (χ3n) is 4.94. The number of hydrogen-bond donors (Lipinski definition) is 0. The van der Waals surface area contributed by atoms with Gasteiger partial charge in [0.25, 0.3) is 0 Å². The van der Waals surface area contributed by atoms with Gasteiger partial charge in [-0.25, -0.2) is 0 Å². The average Bonchev–Trinajstić information content (AvgIpc) is 3.08. The number of aromatic nitrogens is 1. The van der Waals surface area contributed by atoms with Crippen LogP contribution >= 0.6 is 0 Å². The number of aryl methyl sites for hydroxylation is 1. The van der Waals surface area contributed by atoms with Crippen LogP contribution in [0.1, 0.15) is 30.0 Å². The minimum Gasteiger partial charge on any atom is -0.384 e. The molecule has 2 heterocycles. The van der Waals surface area contributed by atoms with Gasteiger partial charge in [0.15, 0.2) is 0 Å². The summed E-state index contributed by atoms with van der Waals surface area (Å²) >= 11 is 0. The van der Waals surface area contributed by atoms with Crippen LogP contribution in [-0.4, -0.2) is 42.6 Å². The minimum atomic E-state index is 0.246. The summed E-state index contributed by atoms with van der Waals surface area (Å²) in [7, 11) is 1.72. The summed E-state index contributed by atoms with van der Waals surface area (Å²) in [5.41, 5.74) is 2.35. The first kappa shape index (κ1) is 17.6. The van der Waals surface area contributed by atoms with Crippen molar-refractivity contribution < 1.29 is 9.53 Å². The van der Waals surface area contributed by atoms with E-state index in [4.69, 9.17) is 4.74 Å². The van der Waals surface area contributed by atoms with Crippen LogP contribution in [0.4, 0.5) is 0 Å². The lowest BCUT2D eigenvalue weighted by Gasteiger charge is -2.16. The smallest absolute Gasteiger partial charge is 0.222 e. The highest BCUT2D eigenvalue weighted by Gasteiger charge is 2.36. The van der Waals surface area contributed by atoms with Gasteiger partial charge in [-0.2, -0.15) is 0 Å². The zero-order valence-corrected chi connectivity index (χ0v) is 14.8. The molecule has 0 N–H and O–H groups in total. The standard InChI is InChI=1S/C21H26N2O2/c1-25-16-18-14-23(15-19(18)20-11-5-6-13-22-20)21(24)12-7-10-17-8-3-2-4-9-17/h2-6,8-9,11,13,18-19H,7,10,12,14-16H2,1H3/t18-,19+/m0/s1. The first-order chi connectivity index (χ1) is 12.3. The van der Waals surface area contributed by atoms with E-state index in [1.165, 1.54) is 5.56 Å². The number of carbonyl (C=O) groups excluding carboxylic acids is 1. The highest BCUT2D eigenvalue weighted by atomic mass is 16.5. The number of likely N-dealkylation sites (tertiary alicyclic amines) is 1. The van der Waals surface area contributed by atoms with E-state index >= 15 is 0 Å². The zero-order valence-electron chi connectivity index (χ0n) is 14.8. The van der Waals surface area contributed by atoms with Crippen LogP contribution < -0.4 is 0 Å². The molecule has 1 amide bonds. The van der Waals surface area contributed by atoms with E-state index < -0.39 is 0 Å². The summed E-state index contributed by atoms with van der Waals surface area (Å²) in [6.07, 6.45) is 4.27. The number of amides is 1. The van der Waals surface area contributed by atoms with Crippen LogP contribution in [0.3, 0.4) is 0 Å². The van der Waals surface area contributed by atoms with Gasteiger partial charge in [-0.05, 0) is 30.5 Å². The number of pyridine rings is 1. The van der Waals surface area contributed by atoms with Gasteiger partial charge < -0.3 is 9.64 Å². The molecule has 4 nitrogen and oxygen atoms in total. The largest absolute Gasteiger partial charge is 0.384 e. The van der Waals surface area contributed by atoms with E-state index in [0.29, 0.717) is 18.9 Å². The minimum absolute atomic E-state index is 0.246. The molecule has 0 bridgehead atoms. The topological polar surface area (TPSA) is 42.4 Å². The number of carbonyl (C=O) groups is 1. The zero-order chi connectivity index (χ0) is 17.5. The predicted molar refractivity (Wildman–Crippen MR) is 98.3 cm³/mol.